The molecule has 0 radical (unpaired) electrons. The first-order chi connectivity index (χ1) is 13.2. The number of anilines is 1. The number of nitrogens with one attached hydrogen (secondary N) is 1. The van der Waals surface area contributed by atoms with Gasteiger partial charge < -0.3 is 14.6 Å². The van der Waals surface area contributed by atoms with Crippen molar-refractivity contribution in [1.82, 2.24) is 20.3 Å². The molecule has 1 aliphatic rings. The van der Waals surface area contributed by atoms with Gasteiger partial charge in [-0.2, -0.15) is 4.98 Å². The predicted octanol–water partition coefficient (Wildman–Crippen LogP) is 3.32. The van der Waals surface area contributed by atoms with Crippen LogP contribution in [0.15, 0.2) is 34.2 Å². The first kappa shape index (κ1) is 18.2. The number of carbonyl (C=O) groups is 1. The second-order valence-electron chi connectivity index (χ2n) is 6.64. The van der Waals surface area contributed by atoms with Gasteiger partial charge in [-0.15, -0.1) is 0 Å². The molecule has 3 aromatic heterocycles. The lowest BCUT2D eigenvalue weighted by molar-refractivity contribution is -0.118. The number of nitrogens with zero attached hydrogens (tertiary/aromatic N) is 4. The van der Waals surface area contributed by atoms with Crippen LogP contribution in [-0.2, 0) is 11.3 Å². The first-order valence-electron chi connectivity index (χ1n) is 8.97. The molecule has 1 amide bonds. The van der Waals surface area contributed by atoms with Crippen LogP contribution in [0.4, 0.5) is 5.13 Å². The largest absolute Gasteiger partial charge is 0.467 e. The van der Waals surface area contributed by atoms with Gasteiger partial charge in [0.25, 0.3) is 0 Å². The smallest absolute Gasteiger partial charge is 0.230 e. The van der Waals surface area contributed by atoms with E-state index in [0.29, 0.717) is 17.9 Å². The molecular weight excluding hydrogens is 382 g/mol. The molecule has 0 saturated carbocycles. The second kappa shape index (κ2) is 8.26. The molecule has 1 saturated heterocycles. The van der Waals surface area contributed by atoms with E-state index in [1.54, 1.807) is 23.7 Å². The number of fused-ring (bicyclic) bond motifs is 1. The molecule has 142 valence electrons. The van der Waals surface area contributed by atoms with Crippen LogP contribution in [-0.4, -0.2) is 39.7 Å². The normalized spacial score (nSPS) is 15.4. The lowest BCUT2D eigenvalue weighted by Crippen LogP contribution is -2.32. The molecule has 4 rings (SSSR count). The van der Waals surface area contributed by atoms with E-state index in [2.05, 4.69) is 32.1 Å². The maximum Gasteiger partial charge on any atom is 0.230 e. The number of aromatic nitrogens is 3. The molecule has 0 bridgehead atoms. The second-order valence-corrected chi connectivity index (χ2v) is 8.58. The quantitative estimate of drug-likeness (QED) is 0.499. The third-order valence-corrected chi connectivity index (χ3v) is 6.81. The summed E-state index contributed by atoms with van der Waals surface area (Å²) < 4.78 is 6.17. The molecule has 9 heteroatoms. The van der Waals surface area contributed by atoms with Crippen molar-refractivity contribution < 1.29 is 9.21 Å². The van der Waals surface area contributed by atoms with Crippen LogP contribution in [0, 0.1) is 5.92 Å². The minimum absolute atomic E-state index is 0.0575. The zero-order chi connectivity index (χ0) is 18.6. The number of amides is 1. The molecule has 3 aromatic rings. The average Bonchev–Trinajstić information content (AvgIpc) is 3.35. The van der Waals surface area contributed by atoms with Crippen LogP contribution in [0.3, 0.4) is 0 Å². The van der Waals surface area contributed by atoms with Gasteiger partial charge in [-0.3, -0.25) is 4.79 Å². The molecule has 0 spiro atoms. The number of carbonyl (C=O) groups excluding carboxylic acids is 1. The van der Waals surface area contributed by atoms with Gasteiger partial charge in [0.2, 0.25) is 5.91 Å². The van der Waals surface area contributed by atoms with Crippen molar-refractivity contribution in [2.75, 3.05) is 23.7 Å². The Kier molecular flexibility index (Phi) is 5.58. The average molecular weight is 404 g/mol. The Morgan fingerprint density at radius 3 is 3.04 bits per heavy atom. The van der Waals surface area contributed by atoms with Crippen molar-refractivity contribution in [3.8, 4) is 0 Å². The van der Waals surface area contributed by atoms with Gasteiger partial charge in [0, 0.05) is 13.1 Å². The summed E-state index contributed by atoms with van der Waals surface area (Å²) in [6.07, 6.45) is 5.50. The topological polar surface area (TPSA) is 84.2 Å². The molecule has 0 atom stereocenters. The predicted molar refractivity (Wildman–Crippen MR) is 107 cm³/mol. The lowest BCUT2D eigenvalue weighted by Gasteiger charge is -2.29. The maximum atomic E-state index is 12.1. The van der Waals surface area contributed by atoms with E-state index in [9.17, 15) is 4.79 Å². The summed E-state index contributed by atoms with van der Waals surface area (Å²) in [7, 11) is 0. The number of rotatable bonds is 6. The third kappa shape index (κ3) is 4.41. The Morgan fingerprint density at radius 1 is 1.41 bits per heavy atom. The molecular formula is C18H21N5O2S2. The molecule has 7 nitrogen and oxygen atoms in total. The molecule has 0 aromatic carbocycles. The van der Waals surface area contributed by atoms with Crippen LogP contribution in [0.5, 0.6) is 0 Å². The molecule has 4 heterocycles. The lowest BCUT2D eigenvalue weighted by atomic mass is 10.00. The van der Waals surface area contributed by atoms with E-state index in [0.717, 1.165) is 39.6 Å². The van der Waals surface area contributed by atoms with Gasteiger partial charge in [-0.1, -0.05) is 30.0 Å². The van der Waals surface area contributed by atoms with Gasteiger partial charge in [0.15, 0.2) is 10.8 Å². The molecule has 1 N–H and O–H groups in total. The van der Waals surface area contributed by atoms with Crippen molar-refractivity contribution in [3.63, 3.8) is 0 Å². The van der Waals surface area contributed by atoms with Crippen molar-refractivity contribution >= 4 is 44.5 Å². The van der Waals surface area contributed by atoms with Crippen LogP contribution in [0.25, 0.3) is 10.3 Å². The van der Waals surface area contributed by atoms with Crippen LogP contribution < -0.4 is 10.2 Å². The standard InChI is InChI=1S/C18H21N5O2S2/c1-12-4-6-23(7-5-12)18-22-16-15(27-18)17(21-11-20-16)26-10-14(24)19-9-13-3-2-8-25-13/h2-3,8,11-12H,4-7,9-10H2,1H3,(H,19,24). The van der Waals surface area contributed by atoms with Crippen molar-refractivity contribution in [3.05, 3.63) is 30.5 Å². The Bertz CT molecular complexity index is 904. The summed E-state index contributed by atoms with van der Waals surface area (Å²) in [5.74, 6) is 1.75. The van der Waals surface area contributed by atoms with Crippen LogP contribution in [0.1, 0.15) is 25.5 Å². The van der Waals surface area contributed by atoms with E-state index in [-0.39, 0.29) is 5.91 Å². The van der Waals surface area contributed by atoms with Gasteiger partial charge in [-0.05, 0) is 30.9 Å². The van der Waals surface area contributed by atoms with Crippen molar-refractivity contribution in [2.24, 2.45) is 5.92 Å². The van der Waals surface area contributed by atoms with Gasteiger partial charge in [0.05, 0.1) is 18.6 Å². The Labute approximate surface area is 165 Å². The highest BCUT2D eigenvalue weighted by Crippen LogP contribution is 2.35. The highest BCUT2D eigenvalue weighted by Gasteiger charge is 2.20. The van der Waals surface area contributed by atoms with Crippen LogP contribution >= 0.6 is 23.1 Å². The molecule has 27 heavy (non-hydrogen) atoms. The molecule has 0 unspecified atom stereocenters. The number of hydrogen-bond acceptors (Lipinski definition) is 8. The monoisotopic (exact) mass is 403 g/mol. The third-order valence-electron chi connectivity index (χ3n) is 4.58. The summed E-state index contributed by atoms with van der Waals surface area (Å²) in [5, 5.41) is 4.66. The Morgan fingerprint density at radius 2 is 2.26 bits per heavy atom. The summed E-state index contributed by atoms with van der Waals surface area (Å²) >= 11 is 3.03. The van der Waals surface area contributed by atoms with E-state index in [1.165, 1.54) is 30.9 Å². The van der Waals surface area contributed by atoms with Crippen molar-refractivity contribution in [1.29, 1.82) is 0 Å². The van der Waals surface area contributed by atoms with Crippen molar-refractivity contribution in [2.45, 2.75) is 31.3 Å². The highest BCUT2D eigenvalue weighted by atomic mass is 32.2. The number of piperidine rings is 1. The SMILES string of the molecule is CC1CCN(c2nc3ncnc(SCC(=O)NCc4ccco4)c3s2)CC1. The van der Waals surface area contributed by atoms with E-state index >= 15 is 0 Å². The zero-order valence-corrected chi connectivity index (χ0v) is 16.7. The van der Waals surface area contributed by atoms with Crippen LogP contribution in [0.2, 0.25) is 0 Å². The highest BCUT2D eigenvalue weighted by molar-refractivity contribution is 8.00. The minimum Gasteiger partial charge on any atom is -0.467 e. The Hall–Kier alpha value is -2.13. The van der Waals surface area contributed by atoms with E-state index in [1.807, 2.05) is 6.07 Å². The number of thioether (sulfide) groups is 1. The maximum absolute atomic E-state index is 12.1. The molecule has 1 aliphatic heterocycles. The minimum atomic E-state index is -0.0575. The fourth-order valence-electron chi connectivity index (χ4n) is 2.94. The first-order valence-corrected chi connectivity index (χ1v) is 10.8. The fourth-order valence-corrected chi connectivity index (χ4v) is 4.92. The van der Waals surface area contributed by atoms with E-state index in [4.69, 9.17) is 4.42 Å². The number of hydrogen-bond donors (Lipinski definition) is 1. The summed E-state index contributed by atoms with van der Waals surface area (Å²) in [6, 6.07) is 3.64. The van der Waals surface area contributed by atoms with Gasteiger partial charge in [-0.25, -0.2) is 9.97 Å². The summed E-state index contributed by atoms with van der Waals surface area (Å²) in [6.45, 7) is 4.76. The van der Waals surface area contributed by atoms with Gasteiger partial charge in [0.1, 0.15) is 21.8 Å². The number of thiazole rings is 1. The summed E-state index contributed by atoms with van der Waals surface area (Å²) in [4.78, 5) is 27.8. The molecule has 0 aliphatic carbocycles. The summed E-state index contributed by atoms with van der Waals surface area (Å²) in [5.41, 5.74) is 0.710. The molecule has 1 fully saturated rings. The zero-order valence-electron chi connectivity index (χ0n) is 15.1. The fraction of sp³-hybridized carbons (Fsp3) is 0.444. The van der Waals surface area contributed by atoms with Gasteiger partial charge >= 0.3 is 0 Å². The number of furan rings is 1. The van der Waals surface area contributed by atoms with E-state index < -0.39 is 0 Å². The Balaban J connectivity index is 1.40.